The Hall–Kier alpha value is -1.81. The summed E-state index contributed by atoms with van der Waals surface area (Å²) in [5.74, 6) is 0.268. The van der Waals surface area contributed by atoms with E-state index < -0.39 is 0 Å². The number of phenolic OH excluding ortho intramolecular Hbond substituents is 1. The summed E-state index contributed by atoms with van der Waals surface area (Å²) in [6.07, 6.45) is 3.00. The lowest BCUT2D eigenvalue weighted by molar-refractivity contribution is 0.475. The molecule has 16 heavy (non-hydrogen) atoms. The molecule has 2 heterocycles. The second-order valence-corrected chi connectivity index (χ2v) is 3.99. The van der Waals surface area contributed by atoms with Crippen molar-refractivity contribution in [1.82, 2.24) is 15.1 Å². The van der Waals surface area contributed by atoms with Crippen molar-refractivity contribution in [3.05, 3.63) is 41.7 Å². The van der Waals surface area contributed by atoms with Gasteiger partial charge in [0.15, 0.2) is 0 Å². The molecule has 1 aliphatic heterocycles. The Balaban J connectivity index is 2.03. The highest BCUT2D eigenvalue weighted by Crippen LogP contribution is 2.18. The summed E-state index contributed by atoms with van der Waals surface area (Å²) in [7, 11) is 0. The molecule has 0 aliphatic carbocycles. The molecule has 0 fully saturated rings. The quantitative estimate of drug-likeness (QED) is 0.752. The molecule has 0 spiro atoms. The van der Waals surface area contributed by atoms with Crippen LogP contribution in [-0.2, 0) is 13.0 Å². The van der Waals surface area contributed by atoms with Crippen LogP contribution in [0.2, 0.25) is 0 Å². The molecule has 2 aromatic rings. The SMILES string of the molecule is Oc1cccc(-n2cc3c(n2)CCNC3)c1. The van der Waals surface area contributed by atoms with Gasteiger partial charge in [0.05, 0.1) is 11.4 Å². The topological polar surface area (TPSA) is 50.1 Å². The zero-order valence-corrected chi connectivity index (χ0v) is 8.85. The maximum Gasteiger partial charge on any atom is 0.117 e. The monoisotopic (exact) mass is 215 g/mol. The number of fused-ring (bicyclic) bond motifs is 1. The summed E-state index contributed by atoms with van der Waals surface area (Å²) >= 11 is 0. The zero-order valence-electron chi connectivity index (χ0n) is 8.85. The number of hydrogen-bond acceptors (Lipinski definition) is 3. The molecular formula is C12H13N3O. The van der Waals surface area contributed by atoms with Gasteiger partial charge in [-0.05, 0) is 12.1 Å². The Morgan fingerprint density at radius 3 is 3.12 bits per heavy atom. The van der Waals surface area contributed by atoms with E-state index in [1.807, 2.05) is 23.0 Å². The standard InChI is InChI=1S/C12H13N3O/c16-11-3-1-2-10(6-11)15-8-9-7-13-5-4-12(9)14-15/h1-3,6,8,13,16H,4-5,7H2. The van der Waals surface area contributed by atoms with Crippen molar-refractivity contribution in [3.8, 4) is 11.4 Å². The fourth-order valence-electron chi connectivity index (χ4n) is 2.00. The van der Waals surface area contributed by atoms with E-state index in [0.717, 1.165) is 30.9 Å². The largest absolute Gasteiger partial charge is 0.508 e. The number of hydrogen-bond donors (Lipinski definition) is 2. The van der Waals surface area contributed by atoms with Gasteiger partial charge in [0.1, 0.15) is 5.75 Å². The summed E-state index contributed by atoms with van der Waals surface area (Å²) in [4.78, 5) is 0. The highest BCUT2D eigenvalue weighted by atomic mass is 16.3. The van der Waals surface area contributed by atoms with E-state index >= 15 is 0 Å². The van der Waals surface area contributed by atoms with E-state index in [4.69, 9.17) is 0 Å². The van der Waals surface area contributed by atoms with Crippen LogP contribution >= 0.6 is 0 Å². The first-order valence-electron chi connectivity index (χ1n) is 5.40. The summed E-state index contributed by atoms with van der Waals surface area (Å²) in [6, 6.07) is 7.13. The molecule has 0 bridgehead atoms. The van der Waals surface area contributed by atoms with E-state index in [9.17, 15) is 5.11 Å². The third-order valence-electron chi connectivity index (χ3n) is 2.83. The van der Waals surface area contributed by atoms with Crippen molar-refractivity contribution < 1.29 is 5.11 Å². The lowest BCUT2D eigenvalue weighted by Crippen LogP contribution is -2.22. The van der Waals surface area contributed by atoms with E-state index in [-0.39, 0.29) is 5.75 Å². The van der Waals surface area contributed by atoms with Crippen LogP contribution in [0.15, 0.2) is 30.5 Å². The molecule has 4 heteroatoms. The van der Waals surface area contributed by atoms with E-state index in [1.54, 1.807) is 12.1 Å². The van der Waals surface area contributed by atoms with Gasteiger partial charge in [0.25, 0.3) is 0 Å². The summed E-state index contributed by atoms with van der Waals surface area (Å²) < 4.78 is 1.83. The highest BCUT2D eigenvalue weighted by molar-refractivity contribution is 5.39. The molecule has 2 N–H and O–H groups in total. The molecule has 0 amide bonds. The second kappa shape index (κ2) is 3.64. The Kier molecular flexibility index (Phi) is 2.15. The predicted octanol–water partition coefficient (Wildman–Crippen LogP) is 1.22. The minimum absolute atomic E-state index is 0.268. The molecule has 82 valence electrons. The average Bonchev–Trinajstić information content (AvgIpc) is 2.72. The third kappa shape index (κ3) is 1.57. The molecule has 1 aromatic carbocycles. The molecule has 0 atom stereocenters. The highest BCUT2D eigenvalue weighted by Gasteiger charge is 2.13. The summed E-state index contributed by atoms with van der Waals surface area (Å²) in [6.45, 7) is 1.87. The Labute approximate surface area is 93.5 Å². The van der Waals surface area contributed by atoms with Gasteiger partial charge in [0, 0.05) is 37.3 Å². The van der Waals surface area contributed by atoms with Gasteiger partial charge in [0.2, 0.25) is 0 Å². The fourth-order valence-corrected chi connectivity index (χ4v) is 2.00. The molecular weight excluding hydrogens is 202 g/mol. The Bertz CT molecular complexity index is 495. The van der Waals surface area contributed by atoms with Crippen molar-refractivity contribution in [2.45, 2.75) is 13.0 Å². The minimum Gasteiger partial charge on any atom is -0.508 e. The molecule has 0 unspecified atom stereocenters. The number of benzene rings is 1. The minimum atomic E-state index is 0.268. The number of nitrogens with one attached hydrogen (secondary N) is 1. The van der Waals surface area contributed by atoms with E-state index in [1.165, 1.54) is 5.56 Å². The smallest absolute Gasteiger partial charge is 0.117 e. The molecule has 4 nitrogen and oxygen atoms in total. The first-order valence-corrected chi connectivity index (χ1v) is 5.40. The Morgan fingerprint density at radius 1 is 1.38 bits per heavy atom. The maximum atomic E-state index is 9.42. The molecule has 0 saturated carbocycles. The van der Waals surface area contributed by atoms with Crippen LogP contribution in [0.25, 0.3) is 5.69 Å². The summed E-state index contributed by atoms with van der Waals surface area (Å²) in [5, 5.41) is 17.3. The van der Waals surface area contributed by atoms with Crippen LogP contribution in [-0.4, -0.2) is 21.4 Å². The zero-order chi connectivity index (χ0) is 11.0. The van der Waals surface area contributed by atoms with Crippen molar-refractivity contribution in [1.29, 1.82) is 0 Å². The van der Waals surface area contributed by atoms with Crippen molar-refractivity contribution >= 4 is 0 Å². The molecule has 1 aromatic heterocycles. The van der Waals surface area contributed by atoms with Gasteiger partial charge in [-0.15, -0.1) is 0 Å². The fraction of sp³-hybridized carbons (Fsp3) is 0.250. The van der Waals surface area contributed by atoms with Gasteiger partial charge in [-0.2, -0.15) is 5.10 Å². The van der Waals surface area contributed by atoms with Crippen LogP contribution in [0.1, 0.15) is 11.3 Å². The number of rotatable bonds is 1. The van der Waals surface area contributed by atoms with Gasteiger partial charge < -0.3 is 10.4 Å². The van der Waals surface area contributed by atoms with E-state index in [0.29, 0.717) is 0 Å². The Morgan fingerprint density at radius 2 is 2.31 bits per heavy atom. The maximum absolute atomic E-state index is 9.42. The third-order valence-corrected chi connectivity index (χ3v) is 2.83. The summed E-state index contributed by atoms with van der Waals surface area (Å²) in [5.41, 5.74) is 3.30. The van der Waals surface area contributed by atoms with Crippen LogP contribution in [0.5, 0.6) is 5.75 Å². The number of aromatic nitrogens is 2. The van der Waals surface area contributed by atoms with Crippen LogP contribution < -0.4 is 5.32 Å². The lowest BCUT2D eigenvalue weighted by atomic mass is 10.1. The van der Waals surface area contributed by atoms with Crippen LogP contribution in [0.3, 0.4) is 0 Å². The number of aromatic hydroxyl groups is 1. The predicted molar refractivity (Wildman–Crippen MR) is 60.6 cm³/mol. The van der Waals surface area contributed by atoms with Gasteiger partial charge in [-0.1, -0.05) is 6.07 Å². The van der Waals surface area contributed by atoms with Gasteiger partial charge in [-0.3, -0.25) is 0 Å². The number of phenols is 1. The van der Waals surface area contributed by atoms with Gasteiger partial charge >= 0.3 is 0 Å². The molecule has 0 saturated heterocycles. The number of nitrogens with zero attached hydrogens (tertiary/aromatic N) is 2. The van der Waals surface area contributed by atoms with Gasteiger partial charge in [-0.25, -0.2) is 4.68 Å². The molecule has 1 aliphatic rings. The normalized spacial score (nSPS) is 14.8. The average molecular weight is 215 g/mol. The first-order chi connectivity index (χ1) is 7.83. The lowest BCUT2D eigenvalue weighted by Gasteiger charge is -2.09. The molecule has 0 radical (unpaired) electrons. The van der Waals surface area contributed by atoms with Crippen molar-refractivity contribution in [3.63, 3.8) is 0 Å². The first kappa shape index (κ1) is 9.42. The molecule has 3 rings (SSSR count). The second-order valence-electron chi connectivity index (χ2n) is 3.99. The van der Waals surface area contributed by atoms with Crippen molar-refractivity contribution in [2.24, 2.45) is 0 Å². The van der Waals surface area contributed by atoms with Crippen LogP contribution in [0.4, 0.5) is 0 Å². The van der Waals surface area contributed by atoms with E-state index in [2.05, 4.69) is 10.4 Å². The van der Waals surface area contributed by atoms with Crippen LogP contribution in [0, 0.1) is 0 Å². The van der Waals surface area contributed by atoms with Crippen molar-refractivity contribution in [2.75, 3.05) is 6.54 Å².